The third-order valence-corrected chi connectivity index (χ3v) is 6.72. The molecule has 178 valence electrons. The van der Waals surface area contributed by atoms with E-state index in [1.54, 1.807) is 34.0 Å². The van der Waals surface area contributed by atoms with E-state index in [9.17, 15) is 9.59 Å². The van der Waals surface area contributed by atoms with Crippen LogP contribution in [0.5, 0.6) is 0 Å². The van der Waals surface area contributed by atoms with Gasteiger partial charge < -0.3 is 14.6 Å². The number of nitrogens with one attached hydrogen (secondary N) is 1. The molecule has 35 heavy (non-hydrogen) atoms. The maximum Gasteiger partial charge on any atom is 0.273 e. The highest BCUT2D eigenvalue weighted by Gasteiger charge is 2.48. The van der Waals surface area contributed by atoms with Crippen molar-refractivity contribution in [3.05, 3.63) is 101 Å². The molecule has 0 fully saturated rings. The average molecular weight is 469 g/mol. The van der Waals surface area contributed by atoms with Crippen LogP contribution in [0.4, 0.5) is 0 Å². The van der Waals surface area contributed by atoms with Gasteiger partial charge in [0, 0.05) is 19.2 Å². The summed E-state index contributed by atoms with van der Waals surface area (Å²) >= 11 is 0. The highest BCUT2D eigenvalue weighted by Crippen LogP contribution is 2.32. The summed E-state index contributed by atoms with van der Waals surface area (Å²) < 4.78 is 7.11. The predicted molar refractivity (Wildman–Crippen MR) is 132 cm³/mol. The van der Waals surface area contributed by atoms with Crippen molar-refractivity contribution in [2.45, 2.75) is 45.9 Å². The molecule has 5 rings (SSSR count). The first-order valence-electron chi connectivity index (χ1n) is 11.7. The Labute approximate surface area is 204 Å². The van der Waals surface area contributed by atoms with Crippen LogP contribution in [0.2, 0.25) is 0 Å². The number of aromatic nitrogens is 2. The van der Waals surface area contributed by atoms with Gasteiger partial charge in [-0.3, -0.25) is 14.3 Å². The van der Waals surface area contributed by atoms with E-state index >= 15 is 0 Å². The summed E-state index contributed by atoms with van der Waals surface area (Å²) in [5, 5.41) is 7.66. The smallest absolute Gasteiger partial charge is 0.273 e. The zero-order valence-electron chi connectivity index (χ0n) is 20.1. The van der Waals surface area contributed by atoms with Crippen LogP contribution >= 0.6 is 0 Å². The first-order chi connectivity index (χ1) is 16.8. The lowest BCUT2D eigenvalue weighted by Crippen LogP contribution is -2.63. The largest absolute Gasteiger partial charge is 0.463 e. The zero-order valence-corrected chi connectivity index (χ0v) is 20.1. The van der Waals surface area contributed by atoms with E-state index < -0.39 is 5.54 Å². The summed E-state index contributed by atoms with van der Waals surface area (Å²) in [5.74, 6) is 0.120. The fourth-order valence-corrected chi connectivity index (χ4v) is 4.47. The molecule has 4 aromatic rings. The van der Waals surface area contributed by atoms with Crippen molar-refractivity contribution < 1.29 is 14.0 Å². The Balaban J connectivity index is 1.49. The van der Waals surface area contributed by atoms with Crippen molar-refractivity contribution in [1.82, 2.24) is 20.0 Å². The number of rotatable bonds is 6. The third kappa shape index (κ3) is 4.25. The van der Waals surface area contributed by atoms with Gasteiger partial charge >= 0.3 is 0 Å². The summed E-state index contributed by atoms with van der Waals surface area (Å²) in [5.41, 5.74) is 4.10. The number of hydrogen-bond acceptors (Lipinski definition) is 4. The van der Waals surface area contributed by atoms with Crippen LogP contribution in [0.25, 0.3) is 11.5 Å². The van der Waals surface area contributed by atoms with Crippen molar-refractivity contribution in [3.63, 3.8) is 0 Å². The molecule has 2 aromatic heterocycles. The number of hydrogen-bond donors (Lipinski definition) is 1. The Morgan fingerprint density at radius 1 is 1.09 bits per heavy atom. The Morgan fingerprint density at radius 2 is 1.86 bits per heavy atom. The third-order valence-electron chi connectivity index (χ3n) is 6.72. The van der Waals surface area contributed by atoms with Crippen LogP contribution in [-0.2, 0) is 24.4 Å². The minimum Gasteiger partial charge on any atom is -0.463 e. The molecule has 2 amide bonds. The van der Waals surface area contributed by atoms with Crippen LogP contribution in [-0.4, -0.2) is 32.0 Å². The molecule has 0 radical (unpaired) electrons. The molecule has 1 aliphatic rings. The number of furan rings is 1. The number of nitrogens with zero attached hydrogens (tertiary/aromatic N) is 3. The molecule has 0 aliphatic carbocycles. The van der Waals surface area contributed by atoms with Gasteiger partial charge in [-0.05, 0) is 49.6 Å². The van der Waals surface area contributed by atoms with Gasteiger partial charge in [0.05, 0.1) is 12.8 Å². The van der Waals surface area contributed by atoms with Crippen LogP contribution in [0.15, 0.2) is 77.4 Å². The van der Waals surface area contributed by atoms with E-state index in [-0.39, 0.29) is 18.4 Å². The molecule has 0 unspecified atom stereocenters. The minimum absolute atomic E-state index is 0.222. The summed E-state index contributed by atoms with van der Waals surface area (Å²) in [7, 11) is 0. The number of benzene rings is 2. The summed E-state index contributed by atoms with van der Waals surface area (Å²) in [4.78, 5) is 29.1. The summed E-state index contributed by atoms with van der Waals surface area (Å²) in [6, 6.07) is 21.3. The Kier molecular flexibility index (Phi) is 5.76. The SMILES string of the molecule is Cc1ccc(CNC(=O)[C@@]2(C)Cn3nc(-c4ccco4)cc3C(=O)N2Cc2ccccc2C)cc1. The Hall–Kier alpha value is -4.13. The van der Waals surface area contributed by atoms with Crippen molar-refractivity contribution in [2.24, 2.45) is 0 Å². The molecule has 1 aliphatic heterocycles. The van der Waals surface area contributed by atoms with Gasteiger partial charge in [-0.15, -0.1) is 0 Å². The standard InChI is InChI=1S/C28H28N4O3/c1-19-10-12-21(13-11-19)16-29-27(34)28(3)18-32-24(15-23(30-32)25-9-6-14-35-25)26(33)31(28)17-22-8-5-4-7-20(22)2/h4-15H,16-18H2,1-3H3,(H,29,34)/t28-/m1/s1. The van der Waals surface area contributed by atoms with Crippen molar-refractivity contribution in [2.75, 3.05) is 0 Å². The summed E-state index contributed by atoms with van der Waals surface area (Å²) in [6.45, 7) is 6.79. The van der Waals surface area contributed by atoms with Gasteiger partial charge in [0.25, 0.3) is 5.91 Å². The van der Waals surface area contributed by atoms with Gasteiger partial charge in [-0.25, -0.2) is 0 Å². The molecule has 1 atom stereocenters. The molecule has 2 aromatic carbocycles. The first-order valence-corrected chi connectivity index (χ1v) is 11.7. The maximum atomic E-state index is 13.8. The highest BCUT2D eigenvalue weighted by atomic mass is 16.3. The van der Waals surface area contributed by atoms with Crippen LogP contribution in [0, 0.1) is 13.8 Å². The molecule has 0 bridgehead atoms. The normalized spacial score (nSPS) is 17.3. The second-order valence-electron chi connectivity index (χ2n) is 9.31. The lowest BCUT2D eigenvalue weighted by Gasteiger charge is -2.43. The van der Waals surface area contributed by atoms with E-state index in [1.165, 1.54) is 0 Å². The van der Waals surface area contributed by atoms with Crippen LogP contribution in [0.3, 0.4) is 0 Å². The lowest BCUT2D eigenvalue weighted by atomic mass is 9.93. The fraction of sp³-hybridized carbons (Fsp3) is 0.250. The Bertz CT molecular complexity index is 1370. The van der Waals surface area contributed by atoms with Crippen LogP contribution < -0.4 is 5.32 Å². The number of aryl methyl sites for hydroxylation is 2. The van der Waals surface area contributed by atoms with Gasteiger partial charge in [-0.2, -0.15) is 5.10 Å². The fourth-order valence-electron chi connectivity index (χ4n) is 4.47. The average Bonchev–Trinajstić information content (AvgIpc) is 3.52. The first kappa shape index (κ1) is 22.7. The monoisotopic (exact) mass is 468 g/mol. The van der Waals surface area contributed by atoms with E-state index in [4.69, 9.17) is 4.42 Å². The van der Waals surface area contributed by atoms with Crippen molar-refractivity contribution >= 4 is 11.8 Å². The minimum atomic E-state index is -1.14. The van der Waals surface area contributed by atoms with Gasteiger partial charge in [0.15, 0.2) is 5.76 Å². The lowest BCUT2D eigenvalue weighted by molar-refractivity contribution is -0.133. The molecule has 1 N–H and O–H groups in total. The number of amides is 2. The van der Waals surface area contributed by atoms with E-state index in [1.807, 2.05) is 69.3 Å². The maximum absolute atomic E-state index is 13.8. The number of carbonyl (C=O) groups is 2. The van der Waals surface area contributed by atoms with Crippen molar-refractivity contribution in [1.29, 1.82) is 0 Å². The van der Waals surface area contributed by atoms with E-state index in [0.29, 0.717) is 30.2 Å². The Morgan fingerprint density at radius 3 is 2.57 bits per heavy atom. The molecule has 7 heteroatoms. The molecule has 3 heterocycles. The van der Waals surface area contributed by atoms with E-state index in [0.717, 1.165) is 22.3 Å². The number of fused-ring (bicyclic) bond motifs is 1. The van der Waals surface area contributed by atoms with Gasteiger partial charge in [0.2, 0.25) is 5.91 Å². The predicted octanol–water partition coefficient (Wildman–Crippen LogP) is 4.49. The zero-order chi connectivity index (χ0) is 24.6. The van der Waals surface area contributed by atoms with Gasteiger partial charge in [-0.1, -0.05) is 54.1 Å². The molecular weight excluding hydrogens is 440 g/mol. The second-order valence-corrected chi connectivity index (χ2v) is 9.31. The molecule has 0 spiro atoms. The molecule has 0 saturated carbocycles. The quantitative estimate of drug-likeness (QED) is 0.452. The summed E-state index contributed by atoms with van der Waals surface area (Å²) in [6.07, 6.45) is 1.57. The van der Waals surface area contributed by atoms with Crippen LogP contribution in [0.1, 0.15) is 39.7 Å². The molecule has 7 nitrogen and oxygen atoms in total. The highest BCUT2D eigenvalue weighted by molar-refractivity contribution is 6.00. The number of carbonyl (C=O) groups excluding carboxylic acids is 2. The van der Waals surface area contributed by atoms with Gasteiger partial charge in [0.1, 0.15) is 16.9 Å². The van der Waals surface area contributed by atoms with Crippen molar-refractivity contribution in [3.8, 4) is 11.5 Å². The molecular formula is C28H28N4O3. The second kappa shape index (κ2) is 8.91. The van der Waals surface area contributed by atoms with E-state index in [2.05, 4.69) is 10.4 Å². The topological polar surface area (TPSA) is 80.4 Å². The molecule has 0 saturated heterocycles.